The molecule has 0 saturated carbocycles. The molecule has 0 aromatic heterocycles. The number of allylic oxidation sites excluding steroid dienone is 16. The van der Waals surface area contributed by atoms with Crippen LogP contribution in [0, 0.1) is 17.8 Å². The molecule has 0 amide bonds. The van der Waals surface area contributed by atoms with E-state index in [1.54, 1.807) is 0 Å². The highest BCUT2D eigenvalue weighted by Gasteiger charge is 2.40. The molecule has 0 spiro atoms. The molecule has 2 aromatic rings. The van der Waals surface area contributed by atoms with E-state index in [0.717, 1.165) is 11.5 Å². The normalized spacial score (nSPS) is 24.7. The van der Waals surface area contributed by atoms with Gasteiger partial charge in [-0.15, -0.1) is 0 Å². The predicted molar refractivity (Wildman–Crippen MR) is 201 cm³/mol. The van der Waals surface area contributed by atoms with E-state index < -0.39 is 16.6 Å². The zero-order valence-corrected chi connectivity index (χ0v) is 31.1. The fourth-order valence-corrected chi connectivity index (χ4v) is 9.55. The summed E-state index contributed by atoms with van der Waals surface area (Å²) in [6, 6.07) is 17.7. The van der Waals surface area contributed by atoms with Crippen LogP contribution in [0.15, 0.2) is 143 Å². The number of hydrogen-bond acceptors (Lipinski definition) is 2. The molecule has 0 saturated heterocycles. The monoisotopic (exact) mass is 642 g/mol. The average molecular weight is 643 g/mol. The topological polar surface area (TPSA) is 18.5 Å². The second-order valence-corrected chi connectivity index (χ2v) is 24.3. The predicted octanol–water partition coefficient (Wildman–Crippen LogP) is 11.6. The maximum atomic E-state index is 6.26. The molecule has 6 rings (SSSR count). The molecule has 4 atom stereocenters. The molecule has 0 aliphatic heterocycles. The number of hydrogen-bond donors (Lipinski definition) is 0. The highest BCUT2D eigenvalue weighted by Crippen LogP contribution is 2.52. The molecule has 0 radical (unpaired) electrons. The second kappa shape index (κ2) is 12.5. The van der Waals surface area contributed by atoms with Gasteiger partial charge in [-0.3, -0.25) is 0 Å². The average Bonchev–Trinajstić information content (AvgIpc) is 3.28. The van der Waals surface area contributed by atoms with E-state index in [1.165, 1.54) is 44.6 Å². The Balaban J connectivity index is 1.30. The molecule has 0 heterocycles. The number of rotatable bonds is 8. The third-order valence-electron chi connectivity index (χ3n) is 9.51. The first-order valence-corrected chi connectivity index (χ1v) is 23.7. The maximum absolute atomic E-state index is 6.26. The maximum Gasteiger partial charge on any atom is 0.242 e. The van der Waals surface area contributed by atoms with Gasteiger partial charge in [-0.1, -0.05) is 103 Å². The fraction of sp³-hybridized carbons (Fsp3) is 0.333. The molecule has 238 valence electrons. The van der Waals surface area contributed by atoms with Crippen LogP contribution in [0.1, 0.15) is 43.7 Å². The minimum absolute atomic E-state index is 0.229. The Kier molecular flexibility index (Phi) is 8.81. The summed E-state index contributed by atoms with van der Waals surface area (Å²) in [6.07, 6.45) is 23.4. The van der Waals surface area contributed by atoms with Crippen molar-refractivity contribution in [2.45, 2.75) is 71.9 Å². The molecular formula is C42H50O2Si2. The van der Waals surface area contributed by atoms with Crippen molar-refractivity contribution in [3.05, 3.63) is 154 Å². The van der Waals surface area contributed by atoms with Gasteiger partial charge in [-0.05, 0) is 117 Å². The van der Waals surface area contributed by atoms with Crippen molar-refractivity contribution >= 4 is 16.6 Å². The van der Waals surface area contributed by atoms with Crippen LogP contribution in [0.3, 0.4) is 0 Å². The first-order chi connectivity index (χ1) is 21.8. The van der Waals surface area contributed by atoms with Gasteiger partial charge < -0.3 is 8.85 Å². The van der Waals surface area contributed by atoms with Crippen LogP contribution >= 0.6 is 0 Å². The summed E-state index contributed by atoms with van der Waals surface area (Å²) in [5.41, 5.74) is 11.4. The molecule has 4 heteroatoms. The molecular weight excluding hydrogens is 593 g/mol. The first kappa shape index (κ1) is 32.3. The van der Waals surface area contributed by atoms with Gasteiger partial charge in [-0.2, -0.15) is 0 Å². The minimum atomic E-state index is -1.65. The highest BCUT2D eigenvalue weighted by atomic mass is 28.4. The van der Waals surface area contributed by atoms with E-state index in [9.17, 15) is 0 Å². The van der Waals surface area contributed by atoms with Crippen molar-refractivity contribution in [3.8, 4) is 11.5 Å². The summed E-state index contributed by atoms with van der Waals surface area (Å²) >= 11 is 0. The van der Waals surface area contributed by atoms with E-state index >= 15 is 0 Å². The largest absolute Gasteiger partial charge is 0.544 e. The lowest BCUT2D eigenvalue weighted by Gasteiger charge is -2.32. The van der Waals surface area contributed by atoms with Crippen LogP contribution in [0.25, 0.3) is 0 Å². The van der Waals surface area contributed by atoms with E-state index in [4.69, 9.17) is 8.85 Å². The quantitative estimate of drug-likeness (QED) is 0.267. The van der Waals surface area contributed by atoms with Crippen molar-refractivity contribution in [1.82, 2.24) is 0 Å². The lowest BCUT2D eigenvalue weighted by molar-refractivity contribution is 0.389. The summed E-state index contributed by atoms with van der Waals surface area (Å²) in [4.78, 5) is 0. The molecule has 46 heavy (non-hydrogen) atoms. The van der Waals surface area contributed by atoms with E-state index in [2.05, 4.69) is 169 Å². The van der Waals surface area contributed by atoms with Crippen molar-refractivity contribution in [2.75, 3.05) is 0 Å². The summed E-state index contributed by atoms with van der Waals surface area (Å²) in [7, 11) is -3.29. The molecule has 4 aliphatic rings. The number of benzene rings is 2. The Hall–Kier alpha value is -3.61. The van der Waals surface area contributed by atoms with Gasteiger partial charge in [0.05, 0.1) is 0 Å². The van der Waals surface area contributed by atoms with Crippen molar-refractivity contribution in [3.63, 3.8) is 0 Å². The van der Waals surface area contributed by atoms with Crippen LogP contribution < -0.4 is 8.85 Å². The second-order valence-electron chi connectivity index (χ2n) is 15.4. The molecule has 0 fully saturated rings. The molecule has 4 unspecified atom stereocenters. The lowest BCUT2D eigenvalue weighted by Crippen LogP contribution is -2.29. The molecule has 2 nitrogen and oxygen atoms in total. The van der Waals surface area contributed by atoms with Crippen molar-refractivity contribution < 1.29 is 8.85 Å². The van der Waals surface area contributed by atoms with E-state index in [0.29, 0.717) is 17.8 Å². The Bertz CT molecular complexity index is 1600. The van der Waals surface area contributed by atoms with Crippen LogP contribution in [-0.2, 0) is 0 Å². The van der Waals surface area contributed by atoms with Gasteiger partial charge in [0.25, 0.3) is 0 Å². The fourth-order valence-electron chi connectivity index (χ4n) is 7.86. The van der Waals surface area contributed by atoms with Crippen LogP contribution in [-0.4, -0.2) is 16.6 Å². The lowest BCUT2D eigenvalue weighted by atomic mass is 9.72. The molecule has 0 N–H and O–H groups in total. The van der Waals surface area contributed by atoms with Crippen LogP contribution in [0.4, 0.5) is 0 Å². The molecule has 4 aliphatic carbocycles. The highest BCUT2D eigenvalue weighted by molar-refractivity contribution is 6.70. The van der Waals surface area contributed by atoms with Crippen molar-refractivity contribution in [1.29, 1.82) is 0 Å². The van der Waals surface area contributed by atoms with Gasteiger partial charge in [0.15, 0.2) is 0 Å². The Morgan fingerprint density at radius 3 is 1.24 bits per heavy atom. The van der Waals surface area contributed by atoms with Crippen LogP contribution in [0.5, 0.6) is 11.5 Å². The summed E-state index contributed by atoms with van der Waals surface area (Å²) in [5, 5.41) is 0. The third kappa shape index (κ3) is 6.75. The zero-order chi connectivity index (χ0) is 32.8. The van der Waals surface area contributed by atoms with Crippen molar-refractivity contribution in [2.24, 2.45) is 17.8 Å². The SMILES string of the molecule is CC1=CC2=C(C=CC=CC2c2ccc(O[Si](C)(C)C)cc2)C1C(C)C1C(C)=CC2=C1C=CC=CC2c1ccc(O[Si](C)(C)C)cc1. The Morgan fingerprint density at radius 2 is 0.891 bits per heavy atom. The van der Waals surface area contributed by atoms with Crippen LogP contribution in [0.2, 0.25) is 39.3 Å². The molecule has 2 aromatic carbocycles. The smallest absolute Gasteiger partial charge is 0.242 e. The first-order valence-electron chi connectivity index (χ1n) is 16.9. The van der Waals surface area contributed by atoms with Gasteiger partial charge in [0.2, 0.25) is 16.6 Å². The van der Waals surface area contributed by atoms with Gasteiger partial charge >= 0.3 is 0 Å². The van der Waals surface area contributed by atoms with Gasteiger partial charge in [-0.25, -0.2) is 0 Å². The van der Waals surface area contributed by atoms with E-state index in [1.807, 2.05) is 0 Å². The molecule has 0 bridgehead atoms. The van der Waals surface area contributed by atoms with E-state index in [-0.39, 0.29) is 11.8 Å². The Labute approximate surface area is 279 Å². The summed E-state index contributed by atoms with van der Waals surface area (Å²) in [5.74, 6) is 3.56. The zero-order valence-electron chi connectivity index (χ0n) is 29.1. The summed E-state index contributed by atoms with van der Waals surface area (Å²) in [6.45, 7) is 20.5. The Morgan fingerprint density at radius 1 is 0.522 bits per heavy atom. The van der Waals surface area contributed by atoms with Gasteiger partial charge in [0.1, 0.15) is 11.5 Å². The summed E-state index contributed by atoms with van der Waals surface area (Å²) < 4.78 is 12.5. The van der Waals surface area contributed by atoms with Gasteiger partial charge in [0, 0.05) is 23.7 Å². The third-order valence-corrected chi connectivity index (χ3v) is 11.2. The minimum Gasteiger partial charge on any atom is -0.544 e. The standard InChI is InChI=1S/C42H50O2Si2/c1-28-26-39-35(31-18-22-33(23-19-31)43-45(4,5)6)14-10-12-16-37(39)41(28)30(3)42-29(2)27-40-36(15-11-13-17-38(40)42)32-20-24-34(25-21-32)44-46(7,8)9/h10-27,30,35-36,41-42H,1-9H3.